The molecule has 0 aliphatic heterocycles. The van der Waals surface area contributed by atoms with Crippen LogP contribution in [0.25, 0.3) is 0 Å². The van der Waals surface area contributed by atoms with Crippen molar-refractivity contribution in [2.45, 2.75) is 0 Å². The Morgan fingerprint density at radius 3 is 1.70 bits per heavy atom. The zero-order valence-corrected chi connectivity index (χ0v) is 4.29. The lowest BCUT2D eigenvalue weighted by atomic mass is 10.3. The van der Waals surface area contributed by atoms with Crippen LogP contribution in [0.1, 0.15) is 0 Å². The molecule has 0 N–H and O–H groups in total. The molecule has 0 spiro atoms. The molecule has 53 valence electrons. The van der Waals surface area contributed by atoms with Crippen LogP contribution in [0.5, 0.6) is 0 Å². The maximum absolute atomic E-state index is 12.0. The fourth-order valence-corrected chi connectivity index (χ4v) is 0.429. The van der Waals surface area contributed by atoms with Crippen molar-refractivity contribution in [3.8, 4) is 0 Å². The van der Waals surface area contributed by atoms with E-state index in [1.54, 1.807) is 0 Å². The van der Waals surface area contributed by atoms with Gasteiger partial charge in [0.2, 0.25) is 0 Å². The summed E-state index contributed by atoms with van der Waals surface area (Å²) in [5, 5.41) is 0. The number of benzene rings is 1. The smallest absolute Gasteiger partial charge is 0.194 e. The van der Waals surface area contributed by atoms with Crippen molar-refractivity contribution in [3.63, 3.8) is 0 Å². The van der Waals surface area contributed by atoms with Gasteiger partial charge in [0.05, 0.1) is 0 Å². The van der Waals surface area contributed by atoms with Crippen LogP contribution >= 0.6 is 0 Å². The number of hydrogen-bond acceptors (Lipinski definition) is 0. The zero-order chi connectivity index (χ0) is 6.85. The molecule has 0 saturated carbocycles. The van der Waals surface area contributed by atoms with Gasteiger partial charge in [-0.05, 0) is 18.2 Å². The summed E-state index contributed by atoms with van der Waals surface area (Å²) in [6.45, 7) is 0. The normalized spacial score (nSPS) is 8.70. The number of rotatable bonds is 0. The highest BCUT2D eigenvalue weighted by Gasteiger charge is 2.04. The first kappa shape index (κ1) is 9.54. The minimum atomic E-state index is -1.45. The van der Waals surface area contributed by atoms with E-state index in [0.717, 1.165) is 12.1 Å². The molecule has 4 heteroatoms. The average molecular weight is 161 g/mol. The molecule has 0 heterocycles. The molecule has 1 aromatic rings. The van der Waals surface area contributed by atoms with Gasteiger partial charge in [-0.25, -0.2) is 13.2 Å². The third-order valence-corrected chi connectivity index (χ3v) is 0.839. The highest BCUT2D eigenvalue weighted by Crippen LogP contribution is 2.07. The second-order valence-electron chi connectivity index (χ2n) is 1.47. The van der Waals surface area contributed by atoms with Crippen LogP contribution in [0.2, 0.25) is 0 Å². The Hall–Kier alpha value is -0.458. The quantitative estimate of drug-likeness (QED) is 0.388. The molecule has 10 heavy (non-hydrogen) atoms. The van der Waals surface area contributed by atoms with Gasteiger partial charge in [0, 0.05) is 0 Å². The van der Waals surface area contributed by atoms with Gasteiger partial charge in [0.1, 0.15) is 0 Å². The molecule has 0 amide bonds. The van der Waals surface area contributed by atoms with Crippen LogP contribution in [0.15, 0.2) is 12.1 Å². The monoisotopic (exact) mass is 161 g/mol. The predicted molar refractivity (Wildman–Crippen MR) is 35.1 cm³/mol. The molecule has 0 atom stereocenters. The fraction of sp³-hybridized carbons (Fsp3) is 0. The molecule has 0 aromatic heterocycles. The van der Waals surface area contributed by atoms with Crippen LogP contribution in [0.3, 0.4) is 0 Å². The van der Waals surface area contributed by atoms with E-state index in [-0.39, 0.29) is 17.4 Å². The first-order valence-electron chi connectivity index (χ1n) is 2.22. The highest BCUT2D eigenvalue weighted by molar-refractivity contribution is 5.75. The Bertz CT molecular complexity index is 204. The maximum Gasteiger partial charge on any atom is 0.194 e. The minimum absolute atomic E-state index is 0. The van der Waals surface area contributed by atoms with Crippen LogP contribution in [0, 0.1) is 23.5 Å². The van der Waals surface area contributed by atoms with E-state index < -0.39 is 17.5 Å². The summed E-state index contributed by atoms with van der Waals surface area (Å²) in [6, 6.07) is 3.55. The van der Waals surface area contributed by atoms with Crippen LogP contribution < -0.4 is 0 Å². The molecule has 0 bridgehead atoms. The van der Waals surface area contributed by atoms with E-state index in [1.165, 1.54) is 0 Å². The Morgan fingerprint density at radius 1 is 1.00 bits per heavy atom. The maximum atomic E-state index is 12.0. The molecular formula is C6H5AlF3. The van der Waals surface area contributed by atoms with Crippen molar-refractivity contribution in [2.75, 3.05) is 0 Å². The summed E-state index contributed by atoms with van der Waals surface area (Å²) in [4.78, 5) is 0. The molecule has 1 rings (SSSR count). The second-order valence-corrected chi connectivity index (χ2v) is 1.47. The zero-order valence-electron chi connectivity index (χ0n) is 4.29. The summed E-state index contributed by atoms with van der Waals surface area (Å²) in [5.41, 5.74) is 0. The van der Waals surface area contributed by atoms with E-state index in [9.17, 15) is 13.2 Å². The molecule has 0 fully saturated rings. The Labute approximate surface area is 66.8 Å². The van der Waals surface area contributed by atoms with Crippen molar-refractivity contribution in [2.24, 2.45) is 0 Å². The minimum Gasteiger partial charge on any atom is -0.204 e. The largest absolute Gasteiger partial charge is 0.204 e. The molecule has 0 unspecified atom stereocenters. The topological polar surface area (TPSA) is 0 Å². The summed E-state index contributed by atoms with van der Waals surface area (Å²) in [7, 11) is 0. The van der Waals surface area contributed by atoms with E-state index >= 15 is 0 Å². The van der Waals surface area contributed by atoms with Crippen LogP contribution in [-0.2, 0) is 0 Å². The van der Waals surface area contributed by atoms with E-state index in [1.807, 2.05) is 0 Å². The van der Waals surface area contributed by atoms with Crippen molar-refractivity contribution in [1.29, 1.82) is 0 Å². The number of hydrogen-bond donors (Lipinski definition) is 0. The molecule has 1 aromatic carbocycles. The first-order chi connectivity index (χ1) is 4.22. The first-order valence-corrected chi connectivity index (χ1v) is 2.22. The van der Waals surface area contributed by atoms with Gasteiger partial charge in [0.15, 0.2) is 34.8 Å². The summed E-state index contributed by atoms with van der Waals surface area (Å²) < 4.78 is 35.8. The van der Waals surface area contributed by atoms with Crippen LogP contribution in [-0.4, -0.2) is 17.4 Å². The molecule has 0 saturated heterocycles. The van der Waals surface area contributed by atoms with Crippen LogP contribution in [0.4, 0.5) is 13.2 Å². The third kappa shape index (κ3) is 1.76. The molecule has 1 radical (unpaired) electrons. The van der Waals surface area contributed by atoms with Gasteiger partial charge < -0.3 is 0 Å². The van der Waals surface area contributed by atoms with E-state index in [2.05, 4.69) is 6.07 Å². The molecule has 0 aliphatic rings. The van der Waals surface area contributed by atoms with Crippen molar-refractivity contribution in [3.05, 3.63) is 35.7 Å². The Balaban J connectivity index is 0.000000810. The lowest BCUT2D eigenvalue weighted by molar-refractivity contribution is 0.447. The number of halogens is 3. The molecule has 0 aliphatic carbocycles. The SMILES string of the molecule is Fc1c[c]cc(F)c1F.[AlH3]. The lowest BCUT2D eigenvalue weighted by Crippen LogP contribution is -1.87. The van der Waals surface area contributed by atoms with E-state index in [4.69, 9.17) is 0 Å². The summed E-state index contributed by atoms with van der Waals surface area (Å²) >= 11 is 0. The standard InChI is InChI=1S/C6H2F3.Al.3H/c7-4-2-1-3-5(8)6(4)9;;;;/h2-3H;;;;. The van der Waals surface area contributed by atoms with E-state index in [0.29, 0.717) is 0 Å². The highest BCUT2D eigenvalue weighted by atomic mass is 27.0. The molecule has 0 nitrogen and oxygen atoms in total. The lowest BCUT2D eigenvalue weighted by Gasteiger charge is -1.89. The van der Waals surface area contributed by atoms with Gasteiger partial charge in [-0.15, -0.1) is 0 Å². The molecular weight excluding hydrogens is 156 g/mol. The van der Waals surface area contributed by atoms with Gasteiger partial charge in [-0.1, -0.05) is 0 Å². The average Bonchev–Trinajstić information content (AvgIpc) is 1.83. The fourth-order valence-electron chi connectivity index (χ4n) is 0.429. The van der Waals surface area contributed by atoms with Gasteiger partial charge in [0.25, 0.3) is 0 Å². The Kier molecular flexibility index (Phi) is 3.48. The third-order valence-electron chi connectivity index (χ3n) is 0.839. The van der Waals surface area contributed by atoms with Gasteiger partial charge in [-0.2, -0.15) is 0 Å². The summed E-state index contributed by atoms with van der Waals surface area (Å²) in [6.07, 6.45) is 0. The predicted octanol–water partition coefficient (Wildman–Crippen LogP) is 0.720. The second kappa shape index (κ2) is 3.65. The van der Waals surface area contributed by atoms with Crippen molar-refractivity contribution in [1.82, 2.24) is 0 Å². The van der Waals surface area contributed by atoms with Crippen molar-refractivity contribution < 1.29 is 13.2 Å². The van der Waals surface area contributed by atoms with Gasteiger partial charge >= 0.3 is 0 Å². The van der Waals surface area contributed by atoms with Crippen molar-refractivity contribution >= 4 is 17.4 Å². The van der Waals surface area contributed by atoms with Gasteiger partial charge in [-0.3, -0.25) is 0 Å². The Morgan fingerprint density at radius 2 is 1.40 bits per heavy atom. The summed E-state index contributed by atoms with van der Waals surface area (Å²) in [5.74, 6) is -3.88.